The molecule has 1 heterocycles. The van der Waals surface area contributed by atoms with Crippen LogP contribution in [0.3, 0.4) is 0 Å². The lowest BCUT2D eigenvalue weighted by atomic mass is 10.1. The van der Waals surface area contributed by atoms with E-state index in [0.29, 0.717) is 0 Å². The Morgan fingerprint density at radius 2 is 2.04 bits per heavy atom. The van der Waals surface area contributed by atoms with Gasteiger partial charge in [-0.05, 0) is 31.6 Å². The van der Waals surface area contributed by atoms with Gasteiger partial charge in [-0.2, -0.15) is 0 Å². The van der Waals surface area contributed by atoms with Crippen LogP contribution in [0.5, 0.6) is 0 Å². The molecule has 0 aliphatic carbocycles. The van der Waals surface area contributed by atoms with Gasteiger partial charge in [0.25, 0.3) is 0 Å². The number of hydrogen-bond donors (Lipinski definition) is 2. The summed E-state index contributed by atoms with van der Waals surface area (Å²) in [7, 11) is 0. The average Bonchev–Trinajstić information content (AvgIpc) is 2.72. The minimum atomic E-state index is -0.754. The Labute approximate surface area is 154 Å². The summed E-state index contributed by atoms with van der Waals surface area (Å²) in [6.07, 6.45) is 4.91. The number of allylic oxidation sites excluding steroid dienone is 1. The number of nitrogens with one attached hydrogen (secondary N) is 2. The molecular weight excluding hydrogens is 386 g/mol. The highest BCUT2D eigenvalue weighted by atomic mass is 79.9. The third-order valence-corrected chi connectivity index (χ3v) is 4.57. The van der Waals surface area contributed by atoms with Crippen LogP contribution < -0.4 is 10.6 Å². The molecule has 3 atom stereocenters. The molecule has 1 aliphatic rings. The van der Waals surface area contributed by atoms with Gasteiger partial charge in [0, 0.05) is 10.7 Å². The van der Waals surface area contributed by atoms with Crippen molar-refractivity contribution in [2.24, 2.45) is 4.99 Å². The van der Waals surface area contributed by atoms with Gasteiger partial charge in [-0.1, -0.05) is 40.2 Å². The van der Waals surface area contributed by atoms with Crippen LogP contribution in [0.1, 0.15) is 19.4 Å². The first-order chi connectivity index (χ1) is 11.9. The highest BCUT2D eigenvalue weighted by molar-refractivity contribution is 9.10. The molecule has 25 heavy (non-hydrogen) atoms. The molecule has 0 fully saturated rings. The molecule has 132 valence electrons. The highest BCUT2D eigenvalue weighted by Gasteiger charge is 2.26. The van der Waals surface area contributed by atoms with Crippen LogP contribution in [0.4, 0.5) is 0 Å². The number of hydrogen-bond acceptors (Lipinski definition) is 4. The fourth-order valence-corrected chi connectivity index (χ4v) is 2.76. The minimum Gasteiger partial charge on any atom is -0.344 e. The Kier molecular flexibility index (Phi) is 6.64. The number of amides is 2. The van der Waals surface area contributed by atoms with Crippen molar-refractivity contribution >= 4 is 39.7 Å². The minimum absolute atomic E-state index is 0.159. The first-order valence-corrected chi connectivity index (χ1v) is 8.74. The van der Waals surface area contributed by atoms with Crippen molar-refractivity contribution in [3.05, 3.63) is 46.5 Å². The number of halogens is 1. The van der Waals surface area contributed by atoms with Crippen molar-refractivity contribution in [3.8, 4) is 0 Å². The van der Waals surface area contributed by atoms with Crippen molar-refractivity contribution < 1.29 is 14.4 Å². The number of aliphatic imine (C=N–C) groups is 1. The zero-order chi connectivity index (χ0) is 18.4. The highest BCUT2D eigenvalue weighted by Crippen LogP contribution is 2.16. The van der Waals surface area contributed by atoms with E-state index < -0.39 is 24.0 Å². The van der Waals surface area contributed by atoms with Crippen molar-refractivity contribution in [3.63, 3.8) is 0 Å². The van der Waals surface area contributed by atoms with E-state index in [1.165, 1.54) is 6.21 Å². The maximum atomic E-state index is 12.3. The quantitative estimate of drug-likeness (QED) is 0.779. The second kappa shape index (κ2) is 8.71. The fraction of sp³-hybridized carbons (Fsp3) is 0.333. The van der Waals surface area contributed by atoms with Crippen molar-refractivity contribution in [1.82, 2.24) is 10.6 Å². The van der Waals surface area contributed by atoms with Crippen molar-refractivity contribution in [2.75, 3.05) is 0 Å². The largest absolute Gasteiger partial charge is 0.344 e. The second-order valence-electron chi connectivity index (χ2n) is 5.81. The SMILES string of the molecule is CC1N=CC=CC(NC(=O)[C@H](C)NC(=O)Cc2ccccc2Br)C1=O. The third-order valence-electron chi connectivity index (χ3n) is 3.79. The summed E-state index contributed by atoms with van der Waals surface area (Å²) >= 11 is 3.39. The van der Waals surface area contributed by atoms with Gasteiger partial charge >= 0.3 is 0 Å². The van der Waals surface area contributed by atoms with E-state index in [1.807, 2.05) is 24.3 Å². The molecule has 1 aromatic rings. The predicted octanol–water partition coefficient (Wildman–Crippen LogP) is 1.58. The lowest BCUT2D eigenvalue weighted by Gasteiger charge is -2.19. The smallest absolute Gasteiger partial charge is 0.243 e. The first kappa shape index (κ1) is 19.1. The standard InChI is InChI=1S/C18H20BrN3O3/c1-11-17(24)15(8-5-9-20-11)22-18(25)12(2)21-16(23)10-13-6-3-4-7-14(13)19/h3-9,11-12,15H,10H2,1-2H3,(H,21,23)(H,22,25)/t11?,12-,15?/m0/s1. The van der Waals surface area contributed by atoms with Crippen molar-refractivity contribution in [1.29, 1.82) is 0 Å². The van der Waals surface area contributed by atoms with Crippen LogP contribution in [0, 0.1) is 0 Å². The molecular formula is C18H20BrN3O3. The number of Topliss-reactive ketones (excluding diaryl/α,β-unsaturated/α-hetero) is 1. The van der Waals surface area contributed by atoms with Crippen LogP contribution in [0.15, 0.2) is 45.9 Å². The molecule has 0 saturated carbocycles. The topological polar surface area (TPSA) is 87.6 Å². The van der Waals surface area contributed by atoms with E-state index in [9.17, 15) is 14.4 Å². The fourth-order valence-electron chi connectivity index (χ4n) is 2.34. The van der Waals surface area contributed by atoms with Gasteiger partial charge in [0.05, 0.1) is 6.42 Å². The zero-order valence-electron chi connectivity index (χ0n) is 14.0. The monoisotopic (exact) mass is 405 g/mol. The van der Waals surface area contributed by atoms with E-state index in [1.54, 1.807) is 26.0 Å². The molecule has 0 radical (unpaired) electrons. The number of rotatable bonds is 5. The molecule has 7 heteroatoms. The van der Waals surface area contributed by atoms with Crippen LogP contribution in [-0.2, 0) is 20.8 Å². The molecule has 2 rings (SSSR count). The maximum Gasteiger partial charge on any atom is 0.243 e. The van der Waals surface area contributed by atoms with Crippen molar-refractivity contribution in [2.45, 2.75) is 38.4 Å². The van der Waals surface area contributed by atoms with Crippen LogP contribution in [0.25, 0.3) is 0 Å². The first-order valence-electron chi connectivity index (χ1n) is 7.95. The summed E-state index contributed by atoms with van der Waals surface area (Å²) < 4.78 is 0.838. The molecule has 6 nitrogen and oxygen atoms in total. The van der Waals surface area contributed by atoms with Gasteiger partial charge in [0.2, 0.25) is 11.8 Å². The third kappa shape index (κ3) is 5.35. The number of nitrogens with zero attached hydrogens (tertiary/aromatic N) is 1. The average molecular weight is 406 g/mol. The summed E-state index contributed by atoms with van der Waals surface area (Å²) in [6.45, 7) is 3.26. The number of benzene rings is 1. The summed E-state index contributed by atoms with van der Waals surface area (Å²) in [6, 6.07) is 5.39. The Hall–Kier alpha value is -2.28. The molecule has 0 bridgehead atoms. The van der Waals surface area contributed by atoms with Gasteiger partial charge in [0.15, 0.2) is 5.78 Å². The number of carbonyl (C=O) groups excluding carboxylic acids is 3. The van der Waals surface area contributed by atoms with E-state index >= 15 is 0 Å². The number of carbonyl (C=O) groups is 3. The number of ketones is 1. The Morgan fingerprint density at radius 1 is 1.32 bits per heavy atom. The molecule has 2 unspecified atom stereocenters. The van der Waals surface area contributed by atoms with Crippen LogP contribution >= 0.6 is 15.9 Å². The lowest BCUT2D eigenvalue weighted by Crippen LogP contribution is -2.51. The lowest BCUT2D eigenvalue weighted by molar-refractivity contribution is -0.130. The Morgan fingerprint density at radius 3 is 2.76 bits per heavy atom. The van der Waals surface area contributed by atoms with Gasteiger partial charge in [-0.25, -0.2) is 0 Å². The van der Waals surface area contributed by atoms with E-state index in [2.05, 4.69) is 31.6 Å². The van der Waals surface area contributed by atoms with E-state index in [-0.39, 0.29) is 18.1 Å². The van der Waals surface area contributed by atoms with E-state index in [0.717, 1.165) is 10.0 Å². The van der Waals surface area contributed by atoms with Crippen LogP contribution in [0.2, 0.25) is 0 Å². The van der Waals surface area contributed by atoms with E-state index in [4.69, 9.17) is 0 Å². The molecule has 0 aromatic heterocycles. The molecule has 2 N–H and O–H groups in total. The molecule has 1 aromatic carbocycles. The zero-order valence-corrected chi connectivity index (χ0v) is 15.6. The van der Waals surface area contributed by atoms with Gasteiger partial charge < -0.3 is 10.6 Å². The Balaban J connectivity index is 1.90. The normalized spacial score (nSPS) is 20.7. The molecule has 0 spiro atoms. The maximum absolute atomic E-state index is 12.3. The second-order valence-corrected chi connectivity index (χ2v) is 6.66. The molecule has 2 amide bonds. The van der Waals surface area contributed by atoms with Gasteiger partial charge in [0.1, 0.15) is 18.1 Å². The predicted molar refractivity (Wildman–Crippen MR) is 99.5 cm³/mol. The summed E-state index contributed by atoms with van der Waals surface area (Å²) in [5.41, 5.74) is 0.834. The molecule has 0 saturated heterocycles. The summed E-state index contributed by atoms with van der Waals surface area (Å²) in [5.74, 6) is -0.878. The summed E-state index contributed by atoms with van der Waals surface area (Å²) in [4.78, 5) is 40.6. The van der Waals surface area contributed by atoms with Gasteiger partial charge in [-0.15, -0.1) is 0 Å². The van der Waals surface area contributed by atoms with Gasteiger partial charge in [-0.3, -0.25) is 19.4 Å². The molecule has 1 aliphatic heterocycles. The Bertz CT molecular complexity index is 730. The summed E-state index contributed by atoms with van der Waals surface area (Å²) in [5, 5.41) is 5.29. The van der Waals surface area contributed by atoms with Crippen LogP contribution in [-0.4, -0.2) is 41.9 Å².